The number of nitrogens with zero attached hydrogens (tertiary/aromatic N) is 1. The van der Waals surface area contributed by atoms with Gasteiger partial charge in [-0.3, -0.25) is 4.90 Å². The average molecular weight is 292 g/mol. The molecule has 2 rings (SSSR count). The third kappa shape index (κ3) is 3.21. The molecule has 1 aliphatic heterocycles. The van der Waals surface area contributed by atoms with E-state index < -0.39 is 9.84 Å². The summed E-state index contributed by atoms with van der Waals surface area (Å²) in [6.07, 6.45) is 4.95. The molecule has 1 heterocycles. The molecule has 106 valence electrons. The average Bonchev–Trinajstić information content (AvgIpc) is 3.11. The van der Waals surface area contributed by atoms with Crippen molar-refractivity contribution in [2.24, 2.45) is 11.7 Å². The van der Waals surface area contributed by atoms with E-state index >= 15 is 0 Å². The van der Waals surface area contributed by atoms with Gasteiger partial charge in [0.2, 0.25) is 0 Å². The van der Waals surface area contributed by atoms with Crippen LogP contribution in [0.3, 0.4) is 0 Å². The summed E-state index contributed by atoms with van der Waals surface area (Å²) in [4.78, 5) is 2.16. The summed E-state index contributed by atoms with van der Waals surface area (Å²) in [7, 11) is -3.03. The minimum absolute atomic E-state index is 0.157. The second-order valence-electron chi connectivity index (χ2n) is 5.90. The maximum absolute atomic E-state index is 12.0. The largest absolute Gasteiger partial charge is 0.329 e. The number of hydrogen-bond acceptors (Lipinski definition) is 5. The molecular weight excluding hydrogens is 268 g/mol. The highest BCUT2D eigenvalue weighted by molar-refractivity contribution is 8.00. The molecule has 4 nitrogen and oxygen atoms in total. The van der Waals surface area contributed by atoms with Gasteiger partial charge in [0.05, 0.1) is 0 Å². The van der Waals surface area contributed by atoms with Gasteiger partial charge in [-0.25, -0.2) is 8.42 Å². The standard InChI is InChI=1S/C12H24N2O2S2/c1-12(9-13,7-10-3-4-10)14-5-6-17-8-11(14)18(2,15)16/h10-11H,3-9,13H2,1-2H3. The zero-order valence-corrected chi connectivity index (χ0v) is 12.9. The van der Waals surface area contributed by atoms with Crippen LogP contribution in [0.1, 0.15) is 26.2 Å². The van der Waals surface area contributed by atoms with E-state index in [1.807, 2.05) is 0 Å². The van der Waals surface area contributed by atoms with Crippen molar-refractivity contribution >= 4 is 21.6 Å². The molecule has 6 heteroatoms. The van der Waals surface area contributed by atoms with E-state index in [1.54, 1.807) is 11.8 Å². The van der Waals surface area contributed by atoms with Gasteiger partial charge in [0.25, 0.3) is 0 Å². The molecule has 0 spiro atoms. The van der Waals surface area contributed by atoms with E-state index in [4.69, 9.17) is 5.73 Å². The summed E-state index contributed by atoms with van der Waals surface area (Å²) in [6.45, 7) is 3.52. The van der Waals surface area contributed by atoms with Gasteiger partial charge in [0.1, 0.15) is 5.37 Å². The Bertz CT molecular complexity index is 395. The number of nitrogens with two attached hydrogens (primary N) is 1. The fourth-order valence-corrected chi connectivity index (χ4v) is 5.79. The smallest absolute Gasteiger partial charge is 0.164 e. The van der Waals surface area contributed by atoms with Crippen LogP contribution >= 0.6 is 11.8 Å². The molecule has 1 saturated heterocycles. The van der Waals surface area contributed by atoms with Gasteiger partial charge in [-0.05, 0) is 19.3 Å². The van der Waals surface area contributed by atoms with Crippen molar-refractivity contribution in [2.75, 3.05) is 30.9 Å². The lowest BCUT2D eigenvalue weighted by Gasteiger charge is -2.47. The lowest BCUT2D eigenvalue weighted by atomic mass is 9.92. The molecule has 2 unspecified atom stereocenters. The lowest BCUT2D eigenvalue weighted by Crippen LogP contribution is -2.61. The first-order valence-electron chi connectivity index (χ1n) is 6.60. The van der Waals surface area contributed by atoms with Gasteiger partial charge in [0.15, 0.2) is 9.84 Å². The number of thioether (sulfide) groups is 1. The molecule has 2 atom stereocenters. The number of hydrogen-bond donors (Lipinski definition) is 1. The normalized spacial score (nSPS) is 30.1. The van der Waals surface area contributed by atoms with Crippen LogP contribution in [0.15, 0.2) is 0 Å². The zero-order chi connectivity index (χ0) is 13.4. The minimum atomic E-state index is -3.03. The Morgan fingerprint density at radius 1 is 1.44 bits per heavy atom. The lowest BCUT2D eigenvalue weighted by molar-refractivity contribution is 0.0916. The summed E-state index contributed by atoms with van der Waals surface area (Å²) in [6, 6.07) is 0. The van der Waals surface area contributed by atoms with Gasteiger partial charge < -0.3 is 5.73 Å². The second kappa shape index (κ2) is 5.31. The summed E-state index contributed by atoms with van der Waals surface area (Å²) >= 11 is 1.73. The Labute approximate surface area is 115 Å². The van der Waals surface area contributed by atoms with E-state index in [2.05, 4.69) is 11.8 Å². The molecule has 0 bridgehead atoms. The predicted octanol–water partition coefficient (Wildman–Crippen LogP) is 0.923. The van der Waals surface area contributed by atoms with Crippen molar-refractivity contribution in [1.29, 1.82) is 0 Å². The highest BCUT2D eigenvalue weighted by Gasteiger charge is 2.43. The molecule has 0 aromatic heterocycles. The second-order valence-corrected chi connectivity index (χ2v) is 9.25. The van der Waals surface area contributed by atoms with E-state index in [9.17, 15) is 8.42 Å². The Morgan fingerprint density at radius 2 is 2.11 bits per heavy atom. The first kappa shape index (κ1) is 14.6. The van der Waals surface area contributed by atoms with Crippen molar-refractivity contribution in [3.05, 3.63) is 0 Å². The van der Waals surface area contributed by atoms with Crippen LogP contribution in [0, 0.1) is 5.92 Å². The van der Waals surface area contributed by atoms with Gasteiger partial charge in [-0.15, -0.1) is 0 Å². The molecule has 18 heavy (non-hydrogen) atoms. The van der Waals surface area contributed by atoms with Crippen LogP contribution in [-0.2, 0) is 9.84 Å². The summed E-state index contributed by atoms with van der Waals surface area (Å²) in [5.41, 5.74) is 5.82. The fraction of sp³-hybridized carbons (Fsp3) is 1.00. The zero-order valence-electron chi connectivity index (χ0n) is 11.3. The topological polar surface area (TPSA) is 63.4 Å². The first-order chi connectivity index (χ1) is 8.37. The molecule has 2 aliphatic rings. The fourth-order valence-electron chi connectivity index (χ4n) is 2.82. The number of rotatable bonds is 5. The molecule has 1 aliphatic carbocycles. The predicted molar refractivity (Wildman–Crippen MR) is 77.5 cm³/mol. The molecule has 0 amide bonds. The maximum atomic E-state index is 12.0. The van der Waals surface area contributed by atoms with Crippen LogP contribution < -0.4 is 5.73 Å². The molecule has 2 fully saturated rings. The van der Waals surface area contributed by atoms with Gasteiger partial charge in [0, 0.05) is 36.4 Å². The van der Waals surface area contributed by atoms with Crippen LogP contribution in [0.25, 0.3) is 0 Å². The van der Waals surface area contributed by atoms with Gasteiger partial charge in [-0.1, -0.05) is 12.8 Å². The summed E-state index contributed by atoms with van der Waals surface area (Å²) in [5.74, 6) is 2.44. The summed E-state index contributed by atoms with van der Waals surface area (Å²) in [5, 5.41) is -0.358. The molecule has 0 aromatic carbocycles. The monoisotopic (exact) mass is 292 g/mol. The Morgan fingerprint density at radius 3 is 2.61 bits per heavy atom. The summed E-state index contributed by atoms with van der Waals surface area (Å²) < 4.78 is 23.9. The van der Waals surface area contributed by atoms with Crippen LogP contribution in [-0.4, -0.2) is 55.1 Å². The van der Waals surface area contributed by atoms with Crippen LogP contribution in [0.2, 0.25) is 0 Å². The highest BCUT2D eigenvalue weighted by Crippen LogP contribution is 2.40. The van der Waals surface area contributed by atoms with E-state index in [1.165, 1.54) is 19.1 Å². The molecular formula is C12H24N2O2S2. The van der Waals surface area contributed by atoms with Crippen LogP contribution in [0.5, 0.6) is 0 Å². The third-order valence-corrected chi connectivity index (χ3v) is 6.78. The number of sulfone groups is 1. The van der Waals surface area contributed by atoms with Crippen molar-refractivity contribution in [3.63, 3.8) is 0 Å². The molecule has 2 N–H and O–H groups in total. The van der Waals surface area contributed by atoms with Crippen LogP contribution in [0.4, 0.5) is 0 Å². The Hall–Kier alpha value is 0.220. The van der Waals surface area contributed by atoms with Gasteiger partial charge in [-0.2, -0.15) is 11.8 Å². The Kier molecular flexibility index (Phi) is 4.31. The van der Waals surface area contributed by atoms with Crippen molar-refractivity contribution in [3.8, 4) is 0 Å². The van der Waals surface area contributed by atoms with E-state index in [0.717, 1.165) is 24.6 Å². The van der Waals surface area contributed by atoms with E-state index in [0.29, 0.717) is 12.3 Å². The molecule has 0 radical (unpaired) electrons. The van der Waals surface area contributed by atoms with E-state index in [-0.39, 0.29) is 10.9 Å². The third-order valence-electron chi connectivity index (χ3n) is 4.14. The van der Waals surface area contributed by atoms with Crippen molar-refractivity contribution in [1.82, 2.24) is 4.90 Å². The Balaban J connectivity index is 2.19. The first-order valence-corrected chi connectivity index (χ1v) is 9.71. The van der Waals surface area contributed by atoms with Crippen molar-refractivity contribution in [2.45, 2.75) is 37.1 Å². The minimum Gasteiger partial charge on any atom is -0.329 e. The molecule has 0 aromatic rings. The molecule has 1 saturated carbocycles. The SMILES string of the molecule is CC(CN)(CC1CC1)N1CCSCC1S(C)(=O)=O. The quantitative estimate of drug-likeness (QED) is 0.816. The highest BCUT2D eigenvalue weighted by atomic mass is 32.2. The van der Waals surface area contributed by atoms with Crippen molar-refractivity contribution < 1.29 is 8.42 Å². The van der Waals surface area contributed by atoms with Gasteiger partial charge >= 0.3 is 0 Å². The maximum Gasteiger partial charge on any atom is 0.164 e.